The second kappa shape index (κ2) is 9.34. The fourth-order valence-electron chi connectivity index (χ4n) is 1.99. The lowest BCUT2D eigenvalue weighted by Gasteiger charge is -2.19. The molecule has 1 heterocycles. The smallest absolute Gasteiger partial charge is 0.269 e. The van der Waals surface area contributed by atoms with E-state index in [-0.39, 0.29) is 5.91 Å². The maximum absolute atomic E-state index is 12.1. The molecule has 0 atom stereocenters. The van der Waals surface area contributed by atoms with E-state index in [4.69, 9.17) is 0 Å². The summed E-state index contributed by atoms with van der Waals surface area (Å²) in [6, 6.07) is 3.80. The minimum absolute atomic E-state index is 0.0977. The largest absolute Gasteiger partial charge is 0.374 e. The van der Waals surface area contributed by atoms with Crippen molar-refractivity contribution in [1.82, 2.24) is 15.2 Å². The molecule has 5 heteroatoms. The van der Waals surface area contributed by atoms with Crippen LogP contribution in [-0.4, -0.2) is 56.6 Å². The number of anilines is 1. The lowest BCUT2D eigenvalue weighted by molar-refractivity contribution is 0.0947. The van der Waals surface area contributed by atoms with E-state index in [0.717, 1.165) is 38.0 Å². The molecule has 0 aromatic carbocycles. The van der Waals surface area contributed by atoms with Gasteiger partial charge in [0, 0.05) is 32.0 Å². The number of hydrogen-bond acceptors (Lipinski definition) is 4. The molecule has 0 bridgehead atoms. The highest BCUT2D eigenvalue weighted by molar-refractivity contribution is 5.93. The van der Waals surface area contributed by atoms with Crippen LogP contribution in [0.4, 0.5) is 5.69 Å². The lowest BCUT2D eigenvalue weighted by Crippen LogP contribution is -2.28. The average Bonchev–Trinajstić information content (AvgIpc) is 2.48. The van der Waals surface area contributed by atoms with Gasteiger partial charge in [-0.1, -0.05) is 13.3 Å². The Morgan fingerprint density at radius 3 is 2.67 bits per heavy atom. The first kappa shape index (κ1) is 17.4. The molecule has 5 nitrogen and oxygen atoms in total. The maximum Gasteiger partial charge on any atom is 0.269 e. The van der Waals surface area contributed by atoms with Crippen molar-refractivity contribution in [3.63, 3.8) is 0 Å². The number of hydrogen-bond donors (Lipinski definition) is 1. The zero-order valence-corrected chi connectivity index (χ0v) is 13.7. The van der Waals surface area contributed by atoms with E-state index in [2.05, 4.69) is 27.0 Å². The zero-order valence-electron chi connectivity index (χ0n) is 13.7. The van der Waals surface area contributed by atoms with E-state index in [1.54, 1.807) is 6.20 Å². The van der Waals surface area contributed by atoms with Crippen LogP contribution in [0.3, 0.4) is 0 Å². The summed E-state index contributed by atoms with van der Waals surface area (Å²) in [5.41, 5.74) is 1.53. The molecule has 21 heavy (non-hydrogen) atoms. The van der Waals surface area contributed by atoms with Crippen molar-refractivity contribution in [3.05, 3.63) is 24.0 Å². The molecular formula is C16H28N4O. The molecule has 0 saturated carbocycles. The Kier molecular flexibility index (Phi) is 7.75. The third-order valence-corrected chi connectivity index (χ3v) is 3.33. The maximum atomic E-state index is 12.1. The first-order valence-corrected chi connectivity index (χ1v) is 7.64. The van der Waals surface area contributed by atoms with Gasteiger partial charge in [-0.3, -0.25) is 9.78 Å². The van der Waals surface area contributed by atoms with Crippen LogP contribution in [0.25, 0.3) is 0 Å². The molecule has 0 aliphatic carbocycles. The van der Waals surface area contributed by atoms with Gasteiger partial charge >= 0.3 is 0 Å². The zero-order chi connectivity index (χ0) is 15.7. The molecule has 0 radical (unpaired) electrons. The molecule has 1 N–H and O–H groups in total. The Balaban J connectivity index is 2.52. The van der Waals surface area contributed by atoms with Crippen molar-refractivity contribution in [1.29, 1.82) is 0 Å². The van der Waals surface area contributed by atoms with E-state index < -0.39 is 0 Å². The van der Waals surface area contributed by atoms with Crippen LogP contribution >= 0.6 is 0 Å². The number of pyridine rings is 1. The highest BCUT2D eigenvalue weighted by Crippen LogP contribution is 2.13. The van der Waals surface area contributed by atoms with Crippen LogP contribution < -0.4 is 10.2 Å². The Morgan fingerprint density at radius 2 is 2.00 bits per heavy atom. The number of nitrogens with one attached hydrogen (secondary N) is 1. The van der Waals surface area contributed by atoms with Crippen molar-refractivity contribution in [2.75, 3.05) is 45.7 Å². The minimum atomic E-state index is -0.0977. The summed E-state index contributed by atoms with van der Waals surface area (Å²) < 4.78 is 0. The van der Waals surface area contributed by atoms with Crippen molar-refractivity contribution in [2.45, 2.75) is 26.2 Å². The fraction of sp³-hybridized carbons (Fsp3) is 0.625. The van der Waals surface area contributed by atoms with Crippen LogP contribution in [0.5, 0.6) is 0 Å². The average molecular weight is 292 g/mol. The van der Waals surface area contributed by atoms with Gasteiger partial charge in [-0.05, 0) is 45.6 Å². The van der Waals surface area contributed by atoms with Crippen LogP contribution in [0.15, 0.2) is 18.3 Å². The molecule has 0 saturated heterocycles. The predicted octanol–water partition coefficient (Wildman–Crippen LogP) is 2.00. The monoisotopic (exact) mass is 292 g/mol. The molecule has 1 aromatic heterocycles. The number of rotatable bonds is 9. The molecule has 0 spiro atoms. The first-order chi connectivity index (χ1) is 10.0. The molecule has 1 aromatic rings. The highest BCUT2D eigenvalue weighted by Gasteiger charge is 2.09. The van der Waals surface area contributed by atoms with E-state index in [9.17, 15) is 4.79 Å². The summed E-state index contributed by atoms with van der Waals surface area (Å²) in [5, 5.41) is 2.92. The van der Waals surface area contributed by atoms with Crippen LogP contribution in [0, 0.1) is 0 Å². The van der Waals surface area contributed by atoms with Crippen LogP contribution in [0.1, 0.15) is 36.7 Å². The summed E-state index contributed by atoms with van der Waals surface area (Å²) in [6.45, 7) is 4.81. The number of carbonyl (C=O) groups excluding carboxylic acids is 1. The van der Waals surface area contributed by atoms with Gasteiger partial charge in [0.1, 0.15) is 5.69 Å². The molecule has 0 aliphatic rings. The Hall–Kier alpha value is -1.62. The van der Waals surface area contributed by atoms with Gasteiger partial charge in [-0.15, -0.1) is 0 Å². The molecule has 0 aliphatic heterocycles. The summed E-state index contributed by atoms with van der Waals surface area (Å²) >= 11 is 0. The summed E-state index contributed by atoms with van der Waals surface area (Å²) in [7, 11) is 6.10. The second-order valence-electron chi connectivity index (χ2n) is 5.59. The summed E-state index contributed by atoms with van der Waals surface area (Å²) in [5.74, 6) is -0.0977. The third-order valence-electron chi connectivity index (χ3n) is 3.33. The Morgan fingerprint density at radius 1 is 1.24 bits per heavy atom. The van der Waals surface area contributed by atoms with Gasteiger partial charge in [0.2, 0.25) is 0 Å². The van der Waals surface area contributed by atoms with Crippen molar-refractivity contribution in [3.8, 4) is 0 Å². The van der Waals surface area contributed by atoms with Gasteiger partial charge in [0.05, 0.1) is 0 Å². The van der Waals surface area contributed by atoms with E-state index in [1.807, 2.05) is 33.3 Å². The SMILES string of the molecule is CCCCN(C)c1ccnc(C(=O)NCCCN(C)C)c1. The number of unbranched alkanes of at least 4 members (excludes halogenated alkanes) is 1. The molecular weight excluding hydrogens is 264 g/mol. The lowest BCUT2D eigenvalue weighted by atomic mass is 10.2. The molecule has 0 fully saturated rings. The summed E-state index contributed by atoms with van der Waals surface area (Å²) in [6.07, 6.45) is 4.95. The first-order valence-electron chi connectivity index (χ1n) is 7.64. The third kappa shape index (κ3) is 6.58. The van der Waals surface area contributed by atoms with E-state index in [1.165, 1.54) is 0 Å². The Bertz CT molecular complexity index is 434. The summed E-state index contributed by atoms with van der Waals surface area (Å²) in [4.78, 5) is 20.5. The van der Waals surface area contributed by atoms with Gasteiger partial charge in [0.15, 0.2) is 0 Å². The van der Waals surface area contributed by atoms with Crippen molar-refractivity contribution < 1.29 is 4.79 Å². The Labute approximate surface area is 128 Å². The van der Waals surface area contributed by atoms with Crippen LogP contribution in [0.2, 0.25) is 0 Å². The number of aromatic nitrogens is 1. The predicted molar refractivity (Wildman–Crippen MR) is 87.9 cm³/mol. The fourth-order valence-corrected chi connectivity index (χ4v) is 1.99. The van der Waals surface area contributed by atoms with Gasteiger partial charge in [-0.25, -0.2) is 0 Å². The van der Waals surface area contributed by atoms with Crippen molar-refractivity contribution >= 4 is 11.6 Å². The topological polar surface area (TPSA) is 48.5 Å². The molecule has 0 unspecified atom stereocenters. The van der Waals surface area contributed by atoms with E-state index >= 15 is 0 Å². The number of amides is 1. The highest BCUT2D eigenvalue weighted by atomic mass is 16.1. The second-order valence-corrected chi connectivity index (χ2v) is 5.59. The standard InChI is InChI=1S/C16H28N4O/c1-5-6-12-20(4)14-8-10-17-15(13-14)16(21)18-9-7-11-19(2)3/h8,10,13H,5-7,9,11-12H2,1-4H3,(H,18,21). The minimum Gasteiger partial charge on any atom is -0.374 e. The quantitative estimate of drug-likeness (QED) is 0.707. The number of nitrogens with zero attached hydrogens (tertiary/aromatic N) is 3. The van der Waals surface area contributed by atoms with Gasteiger partial charge in [0.25, 0.3) is 5.91 Å². The molecule has 1 rings (SSSR count). The van der Waals surface area contributed by atoms with Gasteiger partial charge in [-0.2, -0.15) is 0 Å². The molecule has 118 valence electrons. The van der Waals surface area contributed by atoms with Gasteiger partial charge < -0.3 is 15.1 Å². The number of carbonyl (C=O) groups is 1. The van der Waals surface area contributed by atoms with Crippen LogP contribution in [-0.2, 0) is 0 Å². The van der Waals surface area contributed by atoms with Crippen molar-refractivity contribution in [2.24, 2.45) is 0 Å². The normalized spacial score (nSPS) is 10.7. The van der Waals surface area contributed by atoms with E-state index in [0.29, 0.717) is 12.2 Å². The molecule has 1 amide bonds.